The number of aliphatic hydroxyl groups excluding tert-OH is 1. The largest absolute Gasteiger partial charge is 0.390 e. The molecule has 6 heteroatoms. The highest BCUT2D eigenvalue weighted by atomic mass is 16.3. The molecule has 2 aromatic rings. The van der Waals surface area contributed by atoms with E-state index in [4.69, 9.17) is 5.11 Å². The van der Waals surface area contributed by atoms with E-state index in [0.29, 0.717) is 0 Å². The van der Waals surface area contributed by atoms with E-state index >= 15 is 0 Å². The van der Waals surface area contributed by atoms with Crippen molar-refractivity contribution in [2.45, 2.75) is 39.6 Å². The second-order valence-corrected chi connectivity index (χ2v) is 5.17. The molecule has 0 amide bonds. The number of rotatable bonds is 5. The number of nitrogens with zero attached hydrogens (tertiary/aromatic N) is 5. The second-order valence-electron chi connectivity index (χ2n) is 5.17. The van der Waals surface area contributed by atoms with Gasteiger partial charge in [-0.3, -0.25) is 9.58 Å². The fraction of sp³-hybridized carbons (Fsp3) is 0.571. The zero-order valence-electron chi connectivity index (χ0n) is 11.9. The molecule has 0 aliphatic carbocycles. The smallest absolute Gasteiger partial charge is 0.108 e. The van der Waals surface area contributed by atoms with E-state index in [1.807, 2.05) is 16.9 Å². The van der Waals surface area contributed by atoms with Gasteiger partial charge in [-0.15, -0.1) is 0 Å². The second kappa shape index (κ2) is 5.76. The third kappa shape index (κ3) is 2.62. The maximum Gasteiger partial charge on any atom is 0.108 e. The van der Waals surface area contributed by atoms with Crippen molar-refractivity contribution >= 4 is 0 Å². The van der Waals surface area contributed by atoms with E-state index in [1.165, 1.54) is 5.69 Å². The summed E-state index contributed by atoms with van der Waals surface area (Å²) in [6.07, 6.45) is 4.90. The summed E-state index contributed by atoms with van der Waals surface area (Å²) in [4.78, 5) is 6.78. The first-order valence-corrected chi connectivity index (χ1v) is 7.19. The molecule has 6 nitrogen and oxygen atoms in total. The van der Waals surface area contributed by atoms with E-state index in [-0.39, 0.29) is 6.61 Å². The standard InChI is InChI=1S/C14H21N5O/c1-2-14-15-3-4-18(14)7-5-17-6-8-19-13(10-17)9-12(11-20)16-19/h3-4,9,20H,2,5-8,10-11H2,1H3. The molecule has 0 atom stereocenters. The highest BCUT2D eigenvalue weighted by molar-refractivity contribution is 5.11. The lowest BCUT2D eigenvalue weighted by molar-refractivity contribution is 0.204. The van der Waals surface area contributed by atoms with Gasteiger partial charge in [0.05, 0.1) is 24.5 Å². The zero-order chi connectivity index (χ0) is 13.9. The van der Waals surface area contributed by atoms with Gasteiger partial charge in [-0.2, -0.15) is 5.10 Å². The lowest BCUT2D eigenvalue weighted by atomic mass is 10.3. The Bertz CT molecular complexity index is 574. The molecule has 1 N–H and O–H groups in total. The summed E-state index contributed by atoms with van der Waals surface area (Å²) >= 11 is 0. The molecule has 0 radical (unpaired) electrons. The van der Waals surface area contributed by atoms with Crippen LogP contribution in [0.5, 0.6) is 0 Å². The van der Waals surface area contributed by atoms with Gasteiger partial charge in [0.25, 0.3) is 0 Å². The molecule has 0 bridgehead atoms. The van der Waals surface area contributed by atoms with Crippen LogP contribution in [0.2, 0.25) is 0 Å². The Morgan fingerprint density at radius 3 is 3.00 bits per heavy atom. The van der Waals surface area contributed by atoms with Gasteiger partial charge >= 0.3 is 0 Å². The summed E-state index contributed by atoms with van der Waals surface area (Å²) in [5.74, 6) is 1.15. The van der Waals surface area contributed by atoms with Crippen molar-refractivity contribution in [1.29, 1.82) is 0 Å². The first-order chi connectivity index (χ1) is 9.80. The minimum atomic E-state index is 0.0227. The van der Waals surface area contributed by atoms with Crippen LogP contribution in [-0.4, -0.2) is 42.4 Å². The predicted octanol–water partition coefficient (Wildman–Crippen LogP) is 0.650. The molecule has 0 fully saturated rings. The van der Waals surface area contributed by atoms with Crippen LogP contribution in [0.3, 0.4) is 0 Å². The molecule has 2 aromatic heterocycles. The van der Waals surface area contributed by atoms with Crippen LogP contribution in [0, 0.1) is 0 Å². The number of imidazole rings is 1. The van der Waals surface area contributed by atoms with E-state index in [0.717, 1.165) is 50.7 Å². The summed E-state index contributed by atoms with van der Waals surface area (Å²) in [5.41, 5.74) is 1.96. The Balaban J connectivity index is 1.60. The van der Waals surface area contributed by atoms with Crippen molar-refractivity contribution in [3.8, 4) is 0 Å². The molecule has 1 aliphatic rings. The van der Waals surface area contributed by atoms with E-state index in [2.05, 4.69) is 32.7 Å². The van der Waals surface area contributed by atoms with Gasteiger partial charge in [0.2, 0.25) is 0 Å². The van der Waals surface area contributed by atoms with Gasteiger partial charge in [0.15, 0.2) is 0 Å². The van der Waals surface area contributed by atoms with Crippen molar-refractivity contribution < 1.29 is 5.11 Å². The van der Waals surface area contributed by atoms with Crippen molar-refractivity contribution in [3.05, 3.63) is 35.7 Å². The van der Waals surface area contributed by atoms with Gasteiger partial charge < -0.3 is 9.67 Å². The van der Waals surface area contributed by atoms with Crippen molar-refractivity contribution in [3.63, 3.8) is 0 Å². The summed E-state index contributed by atoms with van der Waals surface area (Å²) in [7, 11) is 0. The van der Waals surface area contributed by atoms with Crippen LogP contribution in [0.4, 0.5) is 0 Å². The molecule has 108 valence electrons. The predicted molar refractivity (Wildman–Crippen MR) is 75.0 cm³/mol. The molecule has 0 aromatic carbocycles. The highest BCUT2D eigenvalue weighted by Crippen LogP contribution is 2.14. The van der Waals surface area contributed by atoms with Gasteiger partial charge in [-0.05, 0) is 6.07 Å². The fourth-order valence-electron chi connectivity index (χ4n) is 2.76. The molecule has 0 saturated carbocycles. The molecule has 20 heavy (non-hydrogen) atoms. The maximum absolute atomic E-state index is 9.14. The number of fused-ring (bicyclic) bond motifs is 1. The van der Waals surface area contributed by atoms with E-state index in [9.17, 15) is 0 Å². The first-order valence-electron chi connectivity index (χ1n) is 7.19. The molecular formula is C14H21N5O. The summed E-state index contributed by atoms with van der Waals surface area (Å²) < 4.78 is 4.24. The van der Waals surface area contributed by atoms with Crippen molar-refractivity contribution in [2.75, 3.05) is 13.1 Å². The van der Waals surface area contributed by atoms with Crippen LogP contribution in [-0.2, 0) is 32.7 Å². The lowest BCUT2D eigenvalue weighted by Crippen LogP contribution is -2.36. The first kappa shape index (κ1) is 13.3. The molecule has 3 rings (SSSR count). The van der Waals surface area contributed by atoms with Crippen molar-refractivity contribution in [1.82, 2.24) is 24.2 Å². The summed E-state index contributed by atoms with van der Waals surface area (Å²) in [6, 6.07) is 2.00. The molecule has 0 unspecified atom stereocenters. The Kier molecular flexibility index (Phi) is 3.84. The normalized spacial score (nSPS) is 15.5. The Hall–Kier alpha value is -1.66. The average molecular weight is 275 g/mol. The van der Waals surface area contributed by atoms with Crippen LogP contribution in [0.1, 0.15) is 24.1 Å². The fourth-order valence-corrected chi connectivity index (χ4v) is 2.76. The minimum absolute atomic E-state index is 0.0227. The van der Waals surface area contributed by atoms with Gasteiger partial charge in [0.1, 0.15) is 5.82 Å². The SMILES string of the molecule is CCc1nccn1CCN1CCn2nc(CO)cc2C1. The van der Waals surface area contributed by atoms with E-state index in [1.54, 1.807) is 0 Å². The van der Waals surface area contributed by atoms with Gasteiger partial charge in [-0.25, -0.2) is 4.98 Å². The quantitative estimate of drug-likeness (QED) is 0.870. The highest BCUT2D eigenvalue weighted by Gasteiger charge is 2.18. The number of aryl methyl sites for hydroxylation is 1. The van der Waals surface area contributed by atoms with Crippen LogP contribution < -0.4 is 0 Å². The van der Waals surface area contributed by atoms with Crippen LogP contribution >= 0.6 is 0 Å². The number of hydrogen-bond acceptors (Lipinski definition) is 4. The Labute approximate surface area is 118 Å². The summed E-state index contributed by atoms with van der Waals surface area (Å²) in [6.45, 7) is 6.97. The molecule has 0 spiro atoms. The molecule has 0 saturated heterocycles. The summed E-state index contributed by atoms with van der Waals surface area (Å²) in [5, 5.41) is 13.5. The third-order valence-corrected chi connectivity index (χ3v) is 3.86. The number of aromatic nitrogens is 4. The Morgan fingerprint density at radius 1 is 1.30 bits per heavy atom. The minimum Gasteiger partial charge on any atom is -0.390 e. The third-order valence-electron chi connectivity index (χ3n) is 3.86. The van der Waals surface area contributed by atoms with E-state index < -0.39 is 0 Å². The molecule has 1 aliphatic heterocycles. The number of hydrogen-bond donors (Lipinski definition) is 1. The number of aliphatic hydroxyl groups is 1. The maximum atomic E-state index is 9.14. The van der Waals surface area contributed by atoms with Crippen molar-refractivity contribution in [2.24, 2.45) is 0 Å². The topological polar surface area (TPSA) is 59.1 Å². The monoisotopic (exact) mass is 275 g/mol. The van der Waals surface area contributed by atoms with Crippen LogP contribution in [0.25, 0.3) is 0 Å². The molecule has 3 heterocycles. The zero-order valence-corrected chi connectivity index (χ0v) is 11.9. The van der Waals surface area contributed by atoms with Crippen LogP contribution in [0.15, 0.2) is 18.5 Å². The Morgan fingerprint density at radius 2 is 2.20 bits per heavy atom. The average Bonchev–Trinajstić information content (AvgIpc) is 3.10. The van der Waals surface area contributed by atoms with Gasteiger partial charge in [-0.1, -0.05) is 6.92 Å². The van der Waals surface area contributed by atoms with Gasteiger partial charge in [0, 0.05) is 45.0 Å². The molecular weight excluding hydrogens is 254 g/mol. The lowest BCUT2D eigenvalue weighted by Gasteiger charge is -2.27.